The molecule has 20 heavy (non-hydrogen) atoms. The molecule has 0 saturated heterocycles. The van der Waals surface area contributed by atoms with Gasteiger partial charge in [0.05, 0.1) is 4.90 Å². The van der Waals surface area contributed by atoms with Gasteiger partial charge in [0.1, 0.15) is 0 Å². The van der Waals surface area contributed by atoms with E-state index in [1.807, 2.05) is 0 Å². The molecule has 1 aliphatic rings. The Hall–Kier alpha value is -0.430. The van der Waals surface area contributed by atoms with Crippen molar-refractivity contribution >= 4 is 21.4 Å². The van der Waals surface area contributed by atoms with E-state index in [-0.39, 0.29) is 6.04 Å². The van der Waals surface area contributed by atoms with E-state index in [2.05, 4.69) is 19.2 Å². The first-order valence-corrected chi connectivity index (χ1v) is 9.52. The van der Waals surface area contributed by atoms with E-state index in [0.717, 1.165) is 37.1 Å². The Morgan fingerprint density at radius 3 is 2.65 bits per heavy atom. The number of rotatable bonds is 6. The summed E-state index contributed by atoms with van der Waals surface area (Å²) in [7, 11) is -1.61. The van der Waals surface area contributed by atoms with E-state index in [1.54, 1.807) is 22.8 Å². The molecule has 1 saturated carbocycles. The van der Waals surface area contributed by atoms with Crippen LogP contribution >= 0.6 is 11.3 Å². The first-order chi connectivity index (χ1) is 9.41. The molecule has 0 aliphatic heterocycles. The van der Waals surface area contributed by atoms with Crippen LogP contribution in [0, 0.1) is 0 Å². The normalized spacial score (nSPS) is 17.4. The SMILES string of the molecule is CC(C)NCc1cc(S(=O)(=O)N(C)C2CCCC2)cs1. The summed E-state index contributed by atoms with van der Waals surface area (Å²) in [4.78, 5) is 1.51. The average molecular weight is 316 g/mol. The number of nitrogens with one attached hydrogen (secondary N) is 1. The lowest BCUT2D eigenvalue weighted by atomic mass is 10.3. The molecular formula is C14H24N2O2S2. The summed E-state index contributed by atoms with van der Waals surface area (Å²) in [6.45, 7) is 4.89. The van der Waals surface area contributed by atoms with Crippen LogP contribution in [0.5, 0.6) is 0 Å². The first kappa shape index (κ1) is 15.9. The molecule has 0 amide bonds. The maximum Gasteiger partial charge on any atom is 0.243 e. The Bertz CT molecular complexity index is 531. The molecule has 0 unspecified atom stereocenters. The molecule has 1 N–H and O–H groups in total. The molecule has 2 rings (SSSR count). The van der Waals surface area contributed by atoms with Crippen molar-refractivity contribution < 1.29 is 8.42 Å². The fourth-order valence-electron chi connectivity index (χ4n) is 2.52. The molecule has 4 nitrogen and oxygen atoms in total. The highest BCUT2D eigenvalue weighted by Crippen LogP contribution is 2.29. The van der Waals surface area contributed by atoms with Crippen molar-refractivity contribution in [2.75, 3.05) is 7.05 Å². The summed E-state index contributed by atoms with van der Waals surface area (Å²) in [5, 5.41) is 5.07. The lowest BCUT2D eigenvalue weighted by Crippen LogP contribution is -2.34. The van der Waals surface area contributed by atoms with Gasteiger partial charge in [-0.1, -0.05) is 26.7 Å². The van der Waals surface area contributed by atoms with Gasteiger partial charge in [0.25, 0.3) is 0 Å². The van der Waals surface area contributed by atoms with Crippen LogP contribution in [0.1, 0.15) is 44.4 Å². The van der Waals surface area contributed by atoms with Crippen molar-refractivity contribution in [2.24, 2.45) is 0 Å². The zero-order valence-corrected chi connectivity index (χ0v) is 14.1. The standard InChI is InChI=1S/C14H24N2O2S2/c1-11(2)15-9-13-8-14(10-19-13)20(17,18)16(3)12-6-4-5-7-12/h8,10-12,15H,4-7,9H2,1-3H3. The second-order valence-corrected chi connectivity index (χ2v) is 8.74. The smallest absolute Gasteiger partial charge is 0.243 e. The van der Waals surface area contributed by atoms with Gasteiger partial charge in [0, 0.05) is 35.9 Å². The van der Waals surface area contributed by atoms with Gasteiger partial charge in [-0.2, -0.15) is 4.31 Å². The Morgan fingerprint density at radius 2 is 2.05 bits per heavy atom. The third-order valence-corrected chi connectivity index (χ3v) is 6.80. The Kier molecular flexibility index (Phi) is 5.23. The van der Waals surface area contributed by atoms with Gasteiger partial charge >= 0.3 is 0 Å². The van der Waals surface area contributed by atoms with Crippen LogP contribution < -0.4 is 5.32 Å². The molecule has 0 aromatic carbocycles. The second kappa shape index (κ2) is 6.56. The van der Waals surface area contributed by atoms with Crippen molar-refractivity contribution in [1.82, 2.24) is 9.62 Å². The molecule has 0 radical (unpaired) electrons. The topological polar surface area (TPSA) is 49.4 Å². The van der Waals surface area contributed by atoms with Gasteiger partial charge in [-0.15, -0.1) is 11.3 Å². The number of sulfonamides is 1. The predicted octanol–water partition coefficient (Wildman–Crippen LogP) is 2.81. The quantitative estimate of drug-likeness (QED) is 0.878. The van der Waals surface area contributed by atoms with E-state index >= 15 is 0 Å². The molecule has 114 valence electrons. The minimum absolute atomic E-state index is 0.178. The minimum Gasteiger partial charge on any atom is -0.310 e. The summed E-state index contributed by atoms with van der Waals surface area (Å²) in [5.74, 6) is 0. The van der Waals surface area contributed by atoms with Gasteiger partial charge in [0.15, 0.2) is 0 Å². The van der Waals surface area contributed by atoms with Crippen molar-refractivity contribution in [3.63, 3.8) is 0 Å². The maximum atomic E-state index is 12.6. The summed E-state index contributed by atoms with van der Waals surface area (Å²) in [5.41, 5.74) is 0. The van der Waals surface area contributed by atoms with E-state index in [1.165, 1.54) is 11.3 Å². The summed E-state index contributed by atoms with van der Waals surface area (Å²) in [6.07, 6.45) is 4.25. The number of hydrogen-bond donors (Lipinski definition) is 1. The molecular weight excluding hydrogens is 292 g/mol. The van der Waals surface area contributed by atoms with Crippen molar-refractivity contribution in [2.45, 2.75) is 63.1 Å². The molecule has 1 aliphatic carbocycles. The third-order valence-electron chi connectivity index (χ3n) is 3.83. The van der Waals surface area contributed by atoms with Gasteiger partial charge in [-0.3, -0.25) is 0 Å². The van der Waals surface area contributed by atoms with Crippen LogP contribution in [-0.4, -0.2) is 31.9 Å². The average Bonchev–Trinajstić information content (AvgIpc) is 3.06. The van der Waals surface area contributed by atoms with Crippen LogP contribution in [0.4, 0.5) is 0 Å². The van der Waals surface area contributed by atoms with Crippen LogP contribution in [0.25, 0.3) is 0 Å². The summed E-state index contributed by atoms with van der Waals surface area (Å²) >= 11 is 1.51. The van der Waals surface area contributed by atoms with Crippen LogP contribution in [0.3, 0.4) is 0 Å². The number of nitrogens with zero attached hydrogens (tertiary/aromatic N) is 1. The lowest BCUT2D eigenvalue weighted by molar-refractivity contribution is 0.373. The highest BCUT2D eigenvalue weighted by Gasteiger charge is 2.30. The van der Waals surface area contributed by atoms with Gasteiger partial charge in [0.2, 0.25) is 10.0 Å². The molecule has 0 bridgehead atoms. The van der Waals surface area contributed by atoms with Gasteiger partial charge in [-0.05, 0) is 18.9 Å². The van der Waals surface area contributed by atoms with Crippen molar-refractivity contribution in [3.05, 3.63) is 16.3 Å². The van der Waals surface area contributed by atoms with E-state index in [9.17, 15) is 8.42 Å². The molecule has 0 atom stereocenters. The fraction of sp³-hybridized carbons (Fsp3) is 0.714. The zero-order valence-electron chi connectivity index (χ0n) is 12.4. The monoisotopic (exact) mass is 316 g/mol. The molecule has 6 heteroatoms. The second-order valence-electron chi connectivity index (χ2n) is 5.74. The van der Waals surface area contributed by atoms with Gasteiger partial charge < -0.3 is 5.32 Å². The van der Waals surface area contributed by atoms with Crippen molar-refractivity contribution in [3.8, 4) is 0 Å². The van der Waals surface area contributed by atoms with E-state index < -0.39 is 10.0 Å². The van der Waals surface area contributed by atoms with Gasteiger partial charge in [-0.25, -0.2) is 8.42 Å². The largest absolute Gasteiger partial charge is 0.310 e. The lowest BCUT2D eigenvalue weighted by Gasteiger charge is -2.22. The zero-order chi connectivity index (χ0) is 14.8. The minimum atomic E-state index is -3.32. The fourth-order valence-corrected chi connectivity index (χ4v) is 5.15. The maximum absolute atomic E-state index is 12.6. The predicted molar refractivity (Wildman–Crippen MR) is 83.5 cm³/mol. The summed E-state index contributed by atoms with van der Waals surface area (Å²) < 4.78 is 26.7. The van der Waals surface area contributed by atoms with E-state index in [4.69, 9.17) is 0 Å². The van der Waals surface area contributed by atoms with Crippen LogP contribution in [0.2, 0.25) is 0 Å². The van der Waals surface area contributed by atoms with Crippen molar-refractivity contribution in [1.29, 1.82) is 0 Å². The Labute approximate surface area is 126 Å². The Morgan fingerprint density at radius 1 is 1.40 bits per heavy atom. The van der Waals surface area contributed by atoms with Crippen LogP contribution in [-0.2, 0) is 16.6 Å². The third kappa shape index (κ3) is 3.61. The first-order valence-electron chi connectivity index (χ1n) is 7.20. The number of thiophene rings is 1. The van der Waals surface area contributed by atoms with E-state index in [0.29, 0.717) is 10.9 Å². The highest BCUT2D eigenvalue weighted by molar-refractivity contribution is 7.89. The Balaban J connectivity index is 2.09. The molecule has 1 aromatic rings. The molecule has 1 fully saturated rings. The molecule has 0 spiro atoms. The number of hydrogen-bond acceptors (Lipinski definition) is 4. The summed E-state index contributed by atoms with van der Waals surface area (Å²) in [6, 6.07) is 2.39. The molecule has 1 aromatic heterocycles. The van der Waals surface area contributed by atoms with Crippen LogP contribution in [0.15, 0.2) is 16.3 Å². The highest BCUT2D eigenvalue weighted by atomic mass is 32.2. The molecule has 1 heterocycles.